The zero-order chi connectivity index (χ0) is 22.7. The fourth-order valence-electron chi connectivity index (χ4n) is 2.95. The Morgan fingerprint density at radius 1 is 0.968 bits per heavy atom. The van der Waals surface area contributed by atoms with Crippen molar-refractivity contribution in [1.29, 1.82) is 0 Å². The minimum absolute atomic E-state index is 0.536. The van der Waals surface area contributed by atoms with Gasteiger partial charge in [-0.05, 0) is 60.8 Å². The van der Waals surface area contributed by atoms with Crippen LogP contribution in [0.4, 0.5) is 5.69 Å². The predicted molar refractivity (Wildman–Crippen MR) is 132 cm³/mol. The summed E-state index contributed by atoms with van der Waals surface area (Å²) >= 11 is 5.41. The van der Waals surface area contributed by atoms with Gasteiger partial charge in [-0.2, -0.15) is 0 Å². The van der Waals surface area contributed by atoms with Crippen LogP contribution in [0.5, 0.6) is 5.75 Å². The molecule has 2 aromatic carbocycles. The minimum atomic E-state index is -3.27. The highest BCUT2D eigenvalue weighted by Crippen LogP contribution is 2.22. The Morgan fingerprint density at radius 3 is 2.29 bits per heavy atom. The summed E-state index contributed by atoms with van der Waals surface area (Å²) in [5.74, 6) is 0.916. The molecule has 0 atom stereocenters. The lowest BCUT2D eigenvalue weighted by Crippen LogP contribution is -2.34. The Kier molecular flexibility index (Phi) is 10.1. The monoisotopic (exact) mass is 463 g/mol. The van der Waals surface area contributed by atoms with Crippen molar-refractivity contribution in [2.75, 3.05) is 17.6 Å². The SMILES string of the molecule is CCCCc1ccc(CNC(=S)NCc2ccc(NS(C)(=O)=O)cc2)c(OCCC)c1. The predicted octanol–water partition coefficient (Wildman–Crippen LogP) is 4.35. The van der Waals surface area contributed by atoms with Crippen LogP contribution >= 0.6 is 12.2 Å². The maximum atomic E-state index is 11.3. The smallest absolute Gasteiger partial charge is 0.229 e. The fourth-order valence-corrected chi connectivity index (χ4v) is 3.66. The summed E-state index contributed by atoms with van der Waals surface area (Å²) in [4.78, 5) is 0. The van der Waals surface area contributed by atoms with Crippen molar-refractivity contribution in [2.24, 2.45) is 0 Å². The van der Waals surface area contributed by atoms with Crippen LogP contribution in [-0.4, -0.2) is 26.4 Å². The molecule has 0 aromatic heterocycles. The number of thiocarbonyl (C=S) groups is 1. The summed E-state index contributed by atoms with van der Waals surface area (Å²) in [5, 5.41) is 6.97. The summed E-state index contributed by atoms with van der Waals surface area (Å²) in [5.41, 5.74) is 3.91. The van der Waals surface area contributed by atoms with Gasteiger partial charge in [0, 0.05) is 24.3 Å². The molecule has 0 aliphatic rings. The Hall–Kier alpha value is -2.32. The van der Waals surface area contributed by atoms with E-state index in [1.807, 2.05) is 12.1 Å². The molecule has 0 saturated heterocycles. The number of unbranched alkanes of at least 4 members (excludes halogenated alkanes) is 1. The van der Waals surface area contributed by atoms with Crippen molar-refractivity contribution in [2.45, 2.75) is 52.6 Å². The molecule has 0 radical (unpaired) electrons. The van der Waals surface area contributed by atoms with Crippen LogP contribution in [0.25, 0.3) is 0 Å². The van der Waals surface area contributed by atoms with E-state index in [9.17, 15) is 8.42 Å². The molecular weight excluding hydrogens is 430 g/mol. The van der Waals surface area contributed by atoms with Crippen molar-refractivity contribution in [3.8, 4) is 5.75 Å². The zero-order valence-electron chi connectivity index (χ0n) is 18.5. The molecule has 0 unspecified atom stereocenters. The second kappa shape index (κ2) is 12.5. The topological polar surface area (TPSA) is 79.5 Å². The molecule has 0 heterocycles. The lowest BCUT2D eigenvalue weighted by molar-refractivity contribution is 0.313. The average Bonchev–Trinajstić information content (AvgIpc) is 2.73. The Bertz CT molecular complexity index is 945. The first-order valence-electron chi connectivity index (χ1n) is 10.6. The molecule has 0 saturated carbocycles. The molecule has 0 bridgehead atoms. The van der Waals surface area contributed by atoms with E-state index in [0.29, 0.717) is 30.5 Å². The normalized spacial score (nSPS) is 11.1. The molecule has 31 heavy (non-hydrogen) atoms. The number of rotatable bonds is 12. The van der Waals surface area contributed by atoms with E-state index < -0.39 is 10.0 Å². The van der Waals surface area contributed by atoms with E-state index in [4.69, 9.17) is 17.0 Å². The van der Waals surface area contributed by atoms with Crippen LogP contribution in [0, 0.1) is 0 Å². The van der Waals surface area contributed by atoms with Crippen molar-refractivity contribution >= 4 is 33.0 Å². The fraction of sp³-hybridized carbons (Fsp3) is 0.435. The number of nitrogens with one attached hydrogen (secondary N) is 3. The number of sulfonamides is 1. The average molecular weight is 464 g/mol. The summed E-state index contributed by atoms with van der Waals surface area (Å²) in [6.45, 7) is 6.11. The van der Waals surface area contributed by atoms with E-state index in [2.05, 4.69) is 47.4 Å². The molecule has 0 fully saturated rings. The van der Waals surface area contributed by atoms with Crippen LogP contribution in [0.1, 0.15) is 49.8 Å². The van der Waals surface area contributed by atoms with E-state index >= 15 is 0 Å². The highest BCUT2D eigenvalue weighted by atomic mass is 32.2. The maximum Gasteiger partial charge on any atom is 0.229 e. The van der Waals surface area contributed by atoms with Gasteiger partial charge in [0.05, 0.1) is 12.9 Å². The van der Waals surface area contributed by atoms with Crippen molar-refractivity contribution < 1.29 is 13.2 Å². The van der Waals surface area contributed by atoms with E-state index in [-0.39, 0.29) is 0 Å². The Morgan fingerprint density at radius 2 is 1.65 bits per heavy atom. The molecular formula is C23H33N3O3S2. The van der Waals surface area contributed by atoms with Gasteiger partial charge in [-0.1, -0.05) is 44.5 Å². The number of ether oxygens (including phenoxy) is 1. The van der Waals surface area contributed by atoms with Crippen LogP contribution in [-0.2, 0) is 29.5 Å². The number of hydrogen-bond donors (Lipinski definition) is 3. The zero-order valence-corrected chi connectivity index (χ0v) is 20.2. The Balaban J connectivity index is 1.88. The third kappa shape index (κ3) is 9.57. The second-order valence-electron chi connectivity index (χ2n) is 7.50. The van der Waals surface area contributed by atoms with Gasteiger partial charge >= 0.3 is 0 Å². The number of hydrogen-bond acceptors (Lipinski definition) is 4. The molecule has 8 heteroatoms. The summed E-state index contributed by atoms with van der Waals surface area (Å²) in [6, 6.07) is 13.6. The molecule has 6 nitrogen and oxygen atoms in total. The standard InChI is InChI=1S/C23H33N3O3S2/c1-4-6-7-18-8-11-20(22(15-18)29-14-5-2)17-25-23(30)24-16-19-9-12-21(13-10-19)26-31(3,27)28/h8-13,15,26H,4-7,14,16-17H2,1-3H3,(H2,24,25,30). The first-order chi connectivity index (χ1) is 14.8. The van der Waals surface area contributed by atoms with Gasteiger partial charge in [0.1, 0.15) is 5.75 Å². The van der Waals surface area contributed by atoms with Gasteiger partial charge in [0.2, 0.25) is 10.0 Å². The van der Waals surface area contributed by atoms with Crippen molar-refractivity contribution in [1.82, 2.24) is 10.6 Å². The molecule has 0 aliphatic heterocycles. The molecule has 2 aromatic rings. The number of anilines is 1. The minimum Gasteiger partial charge on any atom is -0.493 e. The molecule has 2 rings (SSSR count). The van der Waals surface area contributed by atoms with E-state index in [1.165, 1.54) is 18.4 Å². The van der Waals surface area contributed by atoms with Gasteiger partial charge in [-0.15, -0.1) is 0 Å². The van der Waals surface area contributed by atoms with Crippen LogP contribution in [0.3, 0.4) is 0 Å². The van der Waals surface area contributed by atoms with Crippen LogP contribution < -0.4 is 20.1 Å². The lowest BCUT2D eigenvalue weighted by atomic mass is 10.1. The van der Waals surface area contributed by atoms with Crippen molar-refractivity contribution in [3.05, 3.63) is 59.2 Å². The third-order valence-electron chi connectivity index (χ3n) is 4.56. The summed E-state index contributed by atoms with van der Waals surface area (Å²) < 4.78 is 31.0. The highest BCUT2D eigenvalue weighted by Gasteiger charge is 2.07. The number of aryl methyl sites for hydroxylation is 1. The Labute approximate surface area is 191 Å². The molecule has 0 aliphatic carbocycles. The van der Waals surface area contributed by atoms with E-state index in [0.717, 1.165) is 36.0 Å². The van der Waals surface area contributed by atoms with Gasteiger partial charge in [-0.3, -0.25) is 4.72 Å². The van der Waals surface area contributed by atoms with Gasteiger partial charge in [0.25, 0.3) is 0 Å². The maximum absolute atomic E-state index is 11.3. The molecule has 3 N–H and O–H groups in total. The van der Waals surface area contributed by atoms with E-state index in [1.54, 1.807) is 12.1 Å². The second-order valence-corrected chi connectivity index (χ2v) is 9.66. The van der Waals surface area contributed by atoms with Gasteiger partial charge in [-0.25, -0.2) is 8.42 Å². The molecule has 170 valence electrons. The summed E-state index contributed by atoms with van der Waals surface area (Å²) in [7, 11) is -3.27. The molecule has 0 amide bonds. The summed E-state index contributed by atoms with van der Waals surface area (Å²) in [6.07, 6.45) is 5.50. The van der Waals surface area contributed by atoms with Crippen LogP contribution in [0.15, 0.2) is 42.5 Å². The first-order valence-corrected chi connectivity index (χ1v) is 12.9. The first kappa shape index (κ1) is 24.9. The quantitative estimate of drug-likeness (QED) is 0.406. The van der Waals surface area contributed by atoms with Gasteiger partial charge < -0.3 is 15.4 Å². The largest absolute Gasteiger partial charge is 0.493 e. The number of benzene rings is 2. The van der Waals surface area contributed by atoms with Gasteiger partial charge in [0.15, 0.2) is 5.11 Å². The molecule has 0 spiro atoms. The van der Waals surface area contributed by atoms with Crippen LogP contribution in [0.2, 0.25) is 0 Å². The third-order valence-corrected chi connectivity index (χ3v) is 5.46. The highest BCUT2D eigenvalue weighted by molar-refractivity contribution is 7.92. The van der Waals surface area contributed by atoms with Crippen molar-refractivity contribution in [3.63, 3.8) is 0 Å². The lowest BCUT2D eigenvalue weighted by Gasteiger charge is -2.15.